The van der Waals surface area contributed by atoms with Crippen LogP contribution < -0.4 is 10.6 Å². The third-order valence-corrected chi connectivity index (χ3v) is 8.49. The van der Waals surface area contributed by atoms with Gasteiger partial charge in [0.15, 0.2) is 0 Å². The van der Waals surface area contributed by atoms with Crippen molar-refractivity contribution in [2.45, 2.75) is 58.1 Å². The van der Waals surface area contributed by atoms with Crippen molar-refractivity contribution in [2.24, 2.45) is 0 Å². The number of anilines is 1. The van der Waals surface area contributed by atoms with Gasteiger partial charge in [0.25, 0.3) is 5.91 Å². The van der Waals surface area contributed by atoms with Crippen molar-refractivity contribution in [1.82, 2.24) is 20.2 Å². The second-order valence-electron chi connectivity index (χ2n) is 11.5. The SMILES string of the molecule is C[C@@H]1CNc2c(sc3ccc4nc(-c5ccc(C6CCN(C(=O)OC(C)(C)C)CC6)nc5)ccc4c23)C(=O)N1. The largest absolute Gasteiger partial charge is 0.444 e. The normalized spacial score (nSPS) is 18.4. The van der Waals surface area contributed by atoms with Gasteiger partial charge in [-0.15, -0.1) is 11.3 Å². The van der Waals surface area contributed by atoms with E-state index in [2.05, 4.69) is 34.9 Å². The molecule has 0 unspecified atom stereocenters. The zero-order valence-electron chi connectivity index (χ0n) is 22.7. The van der Waals surface area contributed by atoms with E-state index in [9.17, 15) is 9.59 Å². The molecule has 2 amide bonds. The highest BCUT2D eigenvalue weighted by Crippen LogP contribution is 2.41. The number of pyridine rings is 2. The number of ether oxygens (including phenoxy) is 1. The molecule has 39 heavy (non-hydrogen) atoms. The van der Waals surface area contributed by atoms with E-state index in [1.807, 2.05) is 46.0 Å². The van der Waals surface area contributed by atoms with E-state index in [-0.39, 0.29) is 18.0 Å². The lowest BCUT2D eigenvalue weighted by Crippen LogP contribution is -2.41. The van der Waals surface area contributed by atoms with Crippen molar-refractivity contribution in [3.8, 4) is 11.3 Å². The molecule has 8 nitrogen and oxygen atoms in total. The summed E-state index contributed by atoms with van der Waals surface area (Å²) in [6.45, 7) is 9.70. The fourth-order valence-electron chi connectivity index (χ4n) is 5.37. The maximum Gasteiger partial charge on any atom is 0.410 e. The summed E-state index contributed by atoms with van der Waals surface area (Å²) in [5.74, 6) is 0.292. The van der Waals surface area contributed by atoms with E-state index in [1.165, 1.54) is 11.3 Å². The second kappa shape index (κ2) is 9.79. The van der Waals surface area contributed by atoms with Crippen LogP contribution in [0.4, 0.5) is 10.5 Å². The standard InChI is InChI=1S/C30H33N5O3S/c1-17-15-32-26-25-20-6-8-22(34-23(20)9-10-24(25)39-27(26)28(36)33-17)19-5-7-21(31-16-19)18-11-13-35(14-12-18)29(37)38-30(2,3)4/h5-10,16-18,32H,11-15H2,1-4H3,(H,33,36)/t17-/m1/s1. The minimum absolute atomic E-state index is 0.0249. The van der Waals surface area contributed by atoms with Crippen molar-refractivity contribution in [1.29, 1.82) is 0 Å². The lowest BCUT2D eigenvalue weighted by molar-refractivity contribution is 0.0204. The number of nitrogens with one attached hydrogen (secondary N) is 2. The fraction of sp³-hybridized carbons (Fsp3) is 0.400. The van der Waals surface area contributed by atoms with Crippen molar-refractivity contribution in [3.05, 3.63) is 53.2 Å². The van der Waals surface area contributed by atoms with Crippen LogP contribution >= 0.6 is 11.3 Å². The predicted molar refractivity (Wildman–Crippen MR) is 156 cm³/mol. The van der Waals surface area contributed by atoms with Gasteiger partial charge < -0.3 is 20.3 Å². The number of carbonyl (C=O) groups excluding carboxylic acids is 2. The topological polar surface area (TPSA) is 96.5 Å². The first-order chi connectivity index (χ1) is 18.7. The molecule has 2 N–H and O–H groups in total. The molecular formula is C30H33N5O3S. The minimum atomic E-state index is -0.483. The summed E-state index contributed by atoms with van der Waals surface area (Å²) in [5.41, 5.74) is 4.18. The Morgan fingerprint density at radius 1 is 1.10 bits per heavy atom. The van der Waals surface area contributed by atoms with E-state index < -0.39 is 5.60 Å². The van der Waals surface area contributed by atoms with Crippen molar-refractivity contribution >= 4 is 50.0 Å². The zero-order valence-corrected chi connectivity index (χ0v) is 23.5. The average molecular weight is 544 g/mol. The van der Waals surface area contributed by atoms with Gasteiger partial charge in [0.1, 0.15) is 10.5 Å². The number of aromatic nitrogens is 2. The Labute approximate surface area is 231 Å². The molecule has 2 aliphatic rings. The van der Waals surface area contributed by atoms with Crippen LogP contribution in [0.5, 0.6) is 0 Å². The maximum atomic E-state index is 12.7. The lowest BCUT2D eigenvalue weighted by Gasteiger charge is -2.33. The van der Waals surface area contributed by atoms with E-state index >= 15 is 0 Å². The molecule has 3 aromatic heterocycles. The third-order valence-electron chi connectivity index (χ3n) is 7.34. The molecule has 1 atom stereocenters. The molecule has 0 spiro atoms. The summed E-state index contributed by atoms with van der Waals surface area (Å²) in [7, 11) is 0. The Morgan fingerprint density at radius 2 is 1.90 bits per heavy atom. The van der Waals surface area contributed by atoms with Crippen LogP contribution in [0.1, 0.15) is 61.8 Å². The maximum absolute atomic E-state index is 12.7. The van der Waals surface area contributed by atoms with E-state index in [4.69, 9.17) is 14.7 Å². The Morgan fingerprint density at radius 3 is 2.62 bits per heavy atom. The Kier molecular flexibility index (Phi) is 6.41. The van der Waals surface area contributed by atoms with Gasteiger partial charge in [-0.2, -0.15) is 0 Å². The van der Waals surface area contributed by atoms with Crippen LogP contribution in [0, 0.1) is 0 Å². The Hall–Kier alpha value is -3.72. The van der Waals surface area contributed by atoms with Gasteiger partial charge >= 0.3 is 6.09 Å². The minimum Gasteiger partial charge on any atom is -0.444 e. The Bertz CT molecular complexity index is 1570. The van der Waals surface area contributed by atoms with Gasteiger partial charge in [-0.1, -0.05) is 0 Å². The molecule has 5 heterocycles. The van der Waals surface area contributed by atoms with Crippen LogP contribution in [0.2, 0.25) is 0 Å². The van der Waals surface area contributed by atoms with Gasteiger partial charge in [-0.3, -0.25) is 9.78 Å². The molecule has 202 valence electrons. The third kappa shape index (κ3) is 5.03. The number of nitrogens with zero attached hydrogens (tertiary/aromatic N) is 3. The van der Waals surface area contributed by atoms with Crippen LogP contribution in [0.25, 0.3) is 32.2 Å². The number of thiophene rings is 1. The smallest absolute Gasteiger partial charge is 0.410 e. The van der Waals surface area contributed by atoms with E-state index in [1.54, 1.807) is 4.90 Å². The second-order valence-corrected chi connectivity index (χ2v) is 12.5. The van der Waals surface area contributed by atoms with Crippen molar-refractivity contribution in [3.63, 3.8) is 0 Å². The molecular weight excluding hydrogens is 510 g/mol. The number of carbonyl (C=O) groups is 2. The van der Waals surface area contributed by atoms with E-state index in [0.29, 0.717) is 25.6 Å². The number of likely N-dealkylation sites (tertiary alicyclic amines) is 1. The number of hydrogen-bond acceptors (Lipinski definition) is 7. The molecule has 1 fully saturated rings. The van der Waals surface area contributed by atoms with Gasteiger partial charge in [-0.25, -0.2) is 9.78 Å². The van der Waals surface area contributed by atoms with E-state index in [0.717, 1.165) is 61.3 Å². The van der Waals surface area contributed by atoms with Crippen LogP contribution in [-0.4, -0.2) is 58.1 Å². The molecule has 9 heteroatoms. The number of rotatable bonds is 2. The quantitative estimate of drug-likeness (QED) is 0.314. The van der Waals surface area contributed by atoms with Crippen LogP contribution in [0.3, 0.4) is 0 Å². The van der Waals surface area contributed by atoms with Crippen LogP contribution in [-0.2, 0) is 4.74 Å². The summed E-state index contributed by atoms with van der Waals surface area (Å²) < 4.78 is 6.59. The van der Waals surface area contributed by atoms with Crippen LogP contribution in [0.15, 0.2) is 42.6 Å². The lowest BCUT2D eigenvalue weighted by atomic mass is 9.93. The molecule has 0 radical (unpaired) electrons. The summed E-state index contributed by atoms with van der Waals surface area (Å²) in [5, 5.41) is 8.62. The Balaban J connectivity index is 1.21. The molecule has 1 saturated heterocycles. The summed E-state index contributed by atoms with van der Waals surface area (Å²) >= 11 is 1.52. The number of fused-ring (bicyclic) bond motifs is 5. The highest BCUT2D eigenvalue weighted by atomic mass is 32.1. The summed E-state index contributed by atoms with van der Waals surface area (Å²) in [4.78, 5) is 37.4. The van der Waals surface area contributed by atoms with Crippen molar-refractivity contribution < 1.29 is 14.3 Å². The molecule has 4 aromatic rings. The van der Waals surface area contributed by atoms with Crippen molar-refractivity contribution in [2.75, 3.05) is 25.0 Å². The number of hydrogen-bond donors (Lipinski definition) is 2. The molecule has 6 rings (SSSR count). The highest BCUT2D eigenvalue weighted by molar-refractivity contribution is 7.21. The van der Waals surface area contributed by atoms with Gasteiger partial charge in [0.2, 0.25) is 0 Å². The number of piperidine rings is 1. The average Bonchev–Trinajstić information content (AvgIpc) is 3.23. The first kappa shape index (κ1) is 25.6. The van der Waals surface area contributed by atoms with Gasteiger partial charge in [-0.05, 0) is 76.9 Å². The molecule has 0 bridgehead atoms. The molecule has 1 aromatic carbocycles. The first-order valence-corrected chi connectivity index (χ1v) is 14.3. The first-order valence-electron chi connectivity index (χ1n) is 13.5. The summed E-state index contributed by atoms with van der Waals surface area (Å²) in [6.07, 6.45) is 3.39. The highest BCUT2D eigenvalue weighted by Gasteiger charge is 2.28. The van der Waals surface area contributed by atoms with Gasteiger partial charge in [0, 0.05) is 64.5 Å². The number of benzene rings is 1. The summed E-state index contributed by atoms with van der Waals surface area (Å²) in [6, 6.07) is 12.4. The molecule has 2 aliphatic heterocycles. The predicted octanol–water partition coefficient (Wildman–Crippen LogP) is 6.17. The number of amides is 2. The molecule has 0 saturated carbocycles. The zero-order chi connectivity index (χ0) is 27.3. The monoisotopic (exact) mass is 543 g/mol. The fourth-order valence-corrected chi connectivity index (χ4v) is 6.47. The molecule has 0 aliphatic carbocycles. The van der Waals surface area contributed by atoms with Gasteiger partial charge in [0.05, 0.1) is 16.9 Å².